The first kappa shape index (κ1) is 14.8. The summed E-state index contributed by atoms with van der Waals surface area (Å²) < 4.78 is 4.62. The third-order valence-corrected chi connectivity index (χ3v) is 3.21. The topological polar surface area (TPSA) is 55.4 Å². The quantitative estimate of drug-likeness (QED) is 0.876. The first-order valence-electron chi connectivity index (χ1n) is 6.73. The van der Waals surface area contributed by atoms with E-state index in [9.17, 15) is 9.59 Å². The zero-order chi connectivity index (χ0) is 15.2. The van der Waals surface area contributed by atoms with Crippen molar-refractivity contribution in [2.75, 3.05) is 12.4 Å². The molecule has 1 amide bonds. The van der Waals surface area contributed by atoms with E-state index in [4.69, 9.17) is 0 Å². The largest absolute Gasteiger partial charge is 0.465 e. The molecule has 0 radical (unpaired) electrons. The zero-order valence-corrected chi connectivity index (χ0v) is 12.1. The summed E-state index contributed by atoms with van der Waals surface area (Å²) in [6, 6.07) is 14.1. The van der Waals surface area contributed by atoms with E-state index < -0.39 is 5.97 Å². The van der Waals surface area contributed by atoms with Crippen molar-refractivity contribution in [2.24, 2.45) is 0 Å². The third-order valence-electron chi connectivity index (χ3n) is 3.21. The van der Waals surface area contributed by atoms with Crippen molar-refractivity contribution in [3.63, 3.8) is 0 Å². The summed E-state index contributed by atoms with van der Waals surface area (Å²) >= 11 is 0. The van der Waals surface area contributed by atoms with Crippen LogP contribution in [0.15, 0.2) is 48.5 Å². The van der Waals surface area contributed by atoms with E-state index in [1.807, 2.05) is 31.2 Å². The monoisotopic (exact) mass is 283 g/mol. The Morgan fingerprint density at radius 2 is 1.62 bits per heavy atom. The number of amides is 1. The highest BCUT2D eigenvalue weighted by Crippen LogP contribution is 2.17. The van der Waals surface area contributed by atoms with E-state index in [1.54, 1.807) is 24.3 Å². The van der Waals surface area contributed by atoms with Gasteiger partial charge in [0, 0.05) is 11.3 Å². The molecule has 108 valence electrons. The molecule has 0 atom stereocenters. The molecule has 21 heavy (non-hydrogen) atoms. The summed E-state index contributed by atoms with van der Waals surface area (Å²) in [6.07, 6.45) is 0.845. The van der Waals surface area contributed by atoms with Crippen molar-refractivity contribution in [2.45, 2.75) is 13.3 Å². The fraction of sp³-hybridized carbons (Fsp3) is 0.176. The third kappa shape index (κ3) is 3.48. The van der Waals surface area contributed by atoms with Crippen LogP contribution in [0.4, 0.5) is 5.69 Å². The van der Waals surface area contributed by atoms with Gasteiger partial charge in [-0.1, -0.05) is 25.1 Å². The average Bonchev–Trinajstić information content (AvgIpc) is 2.54. The molecule has 4 heteroatoms. The maximum absolute atomic E-state index is 12.2. The lowest BCUT2D eigenvalue weighted by atomic mass is 10.1. The predicted octanol–water partition coefficient (Wildman–Crippen LogP) is 3.29. The normalized spacial score (nSPS) is 10.0. The fourth-order valence-electron chi connectivity index (χ4n) is 2.02. The molecule has 0 fully saturated rings. The van der Waals surface area contributed by atoms with Crippen LogP contribution in [0.5, 0.6) is 0 Å². The van der Waals surface area contributed by atoms with Crippen LogP contribution in [0.3, 0.4) is 0 Å². The van der Waals surface area contributed by atoms with Gasteiger partial charge in [0.1, 0.15) is 0 Å². The number of carbonyl (C=O) groups excluding carboxylic acids is 2. The Hall–Kier alpha value is -2.62. The number of rotatable bonds is 4. The molecular weight excluding hydrogens is 266 g/mol. The summed E-state index contributed by atoms with van der Waals surface area (Å²) in [4.78, 5) is 23.6. The standard InChI is InChI=1S/C17H17NO3/c1-3-12-6-4-5-7-15(12)18-16(19)13-8-10-14(11-9-13)17(20)21-2/h4-11H,3H2,1-2H3,(H,18,19). The molecule has 4 nitrogen and oxygen atoms in total. The molecule has 0 saturated heterocycles. The highest BCUT2D eigenvalue weighted by Gasteiger charge is 2.10. The minimum absolute atomic E-state index is 0.202. The second kappa shape index (κ2) is 6.70. The highest BCUT2D eigenvalue weighted by atomic mass is 16.5. The SMILES string of the molecule is CCc1ccccc1NC(=O)c1ccc(C(=O)OC)cc1. The number of para-hydroxylation sites is 1. The minimum atomic E-state index is -0.418. The molecule has 0 spiro atoms. The maximum Gasteiger partial charge on any atom is 0.337 e. The van der Waals surface area contributed by atoms with Gasteiger partial charge in [-0.15, -0.1) is 0 Å². The Morgan fingerprint density at radius 1 is 1.00 bits per heavy atom. The van der Waals surface area contributed by atoms with Gasteiger partial charge in [-0.2, -0.15) is 0 Å². The maximum atomic E-state index is 12.2. The van der Waals surface area contributed by atoms with Crippen LogP contribution in [0.1, 0.15) is 33.2 Å². The number of anilines is 1. The van der Waals surface area contributed by atoms with E-state index in [2.05, 4.69) is 10.1 Å². The van der Waals surface area contributed by atoms with E-state index >= 15 is 0 Å². The molecule has 0 aliphatic carbocycles. The van der Waals surface area contributed by atoms with Gasteiger partial charge in [-0.05, 0) is 42.3 Å². The van der Waals surface area contributed by atoms with Crippen LogP contribution in [-0.2, 0) is 11.2 Å². The summed E-state index contributed by atoms with van der Waals surface area (Å²) in [5.41, 5.74) is 2.80. The molecule has 0 aliphatic heterocycles. The average molecular weight is 283 g/mol. The minimum Gasteiger partial charge on any atom is -0.465 e. The molecule has 2 rings (SSSR count). The second-order valence-electron chi connectivity index (χ2n) is 4.53. The highest BCUT2D eigenvalue weighted by molar-refractivity contribution is 6.05. The lowest BCUT2D eigenvalue weighted by molar-refractivity contribution is 0.0600. The Labute approximate surface area is 123 Å². The Kier molecular flexibility index (Phi) is 4.72. The number of methoxy groups -OCH3 is 1. The number of esters is 1. The number of benzene rings is 2. The van der Waals surface area contributed by atoms with E-state index in [0.717, 1.165) is 17.7 Å². The second-order valence-corrected chi connectivity index (χ2v) is 4.53. The van der Waals surface area contributed by atoms with E-state index in [1.165, 1.54) is 7.11 Å². The van der Waals surface area contributed by atoms with Crippen LogP contribution >= 0.6 is 0 Å². The molecule has 0 heterocycles. The van der Waals surface area contributed by atoms with Crippen LogP contribution in [0.2, 0.25) is 0 Å². The van der Waals surface area contributed by atoms with Crippen molar-refractivity contribution in [1.82, 2.24) is 0 Å². The van der Waals surface area contributed by atoms with Crippen LogP contribution in [-0.4, -0.2) is 19.0 Å². The first-order valence-corrected chi connectivity index (χ1v) is 6.73. The summed E-state index contributed by atoms with van der Waals surface area (Å²) in [5, 5.41) is 2.89. The number of carbonyl (C=O) groups is 2. The molecule has 0 saturated carbocycles. The first-order chi connectivity index (χ1) is 10.2. The van der Waals surface area contributed by atoms with Gasteiger partial charge >= 0.3 is 5.97 Å². The van der Waals surface area contributed by atoms with Gasteiger partial charge in [0.25, 0.3) is 5.91 Å². The molecular formula is C17H17NO3. The predicted molar refractivity (Wildman–Crippen MR) is 81.6 cm³/mol. The molecule has 0 aliphatic rings. The van der Waals surface area contributed by atoms with Gasteiger partial charge in [-0.3, -0.25) is 4.79 Å². The Bertz CT molecular complexity index is 647. The number of hydrogen-bond acceptors (Lipinski definition) is 3. The van der Waals surface area contributed by atoms with Crippen LogP contribution < -0.4 is 5.32 Å². The van der Waals surface area contributed by atoms with Gasteiger partial charge < -0.3 is 10.1 Å². The number of aryl methyl sites for hydroxylation is 1. The molecule has 0 aromatic heterocycles. The lowest BCUT2D eigenvalue weighted by Gasteiger charge is -2.09. The molecule has 0 bridgehead atoms. The number of ether oxygens (including phenoxy) is 1. The summed E-state index contributed by atoms with van der Waals surface area (Å²) in [7, 11) is 1.32. The number of nitrogens with one attached hydrogen (secondary N) is 1. The van der Waals surface area contributed by atoms with Crippen LogP contribution in [0, 0.1) is 0 Å². The van der Waals surface area contributed by atoms with Crippen molar-refractivity contribution in [3.8, 4) is 0 Å². The summed E-state index contributed by atoms with van der Waals surface area (Å²) in [6.45, 7) is 2.04. The fourth-order valence-corrected chi connectivity index (χ4v) is 2.02. The zero-order valence-electron chi connectivity index (χ0n) is 12.1. The molecule has 2 aromatic rings. The van der Waals surface area contributed by atoms with Gasteiger partial charge in [0.2, 0.25) is 0 Å². The van der Waals surface area contributed by atoms with Gasteiger partial charge in [0.05, 0.1) is 12.7 Å². The van der Waals surface area contributed by atoms with Gasteiger partial charge in [0.15, 0.2) is 0 Å². The number of hydrogen-bond donors (Lipinski definition) is 1. The van der Waals surface area contributed by atoms with Crippen LogP contribution in [0.25, 0.3) is 0 Å². The van der Waals surface area contributed by atoms with Crippen molar-refractivity contribution >= 4 is 17.6 Å². The summed E-state index contributed by atoms with van der Waals surface area (Å²) in [5.74, 6) is -0.620. The van der Waals surface area contributed by atoms with Crippen molar-refractivity contribution < 1.29 is 14.3 Å². The molecule has 1 N–H and O–H groups in total. The van der Waals surface area contributed by atoms with Crippen molar-refractivity contribution in [1.29, 1.82) is 0 Å². The Balaban J connectivity index is 2.15. The molecule has 0 unspecified atom stereocenters. The molecule has 2 aromatic carbocycles. The smallest absolute Gasteiger partial charge is 0.337 e. The van der Waals surface area contributed by atoms with E-state index in [0.29, 0.717) is 11.1 Å². The lowest BCUT2D eigenvalue weighted by Crippen LogP contribution is -2.13. The Morgan fingerprint density at radius 3 is 2.24 bits per heavy atom. The van der Waals surface area contributed by atoms with Gasteiger partial charge in [-0.25, -0.2) is 4.79 Å². The van der Waals surface area contributed by atoms with E-state index in [-0.39, 0.29) is 5.91 Å². The van der Waals surface area contributed by atoms with Crippen molar-refractivity contribution in [3.05, 3.63) is 65.2 Å².